The molecule has 1 rings (SSSR count). The van der Waals surface area contributed by atoms with Crippen molar-refractivity contribution < 1.29 is 19.5 Å². The zero-order chi connectivity index (χ0) is 15.1. The average molecular weight is 297 g/mol. The minimum absolute atomic E-state index is 0.291. The van der Waals surface area contributed by atoms with Gasteiger partial charge in [0.15, 0.2) is 0 Å². The summed E-state index contributed by atoms with van der Waals surface area (Å²) in [6.07, 6.45) is 1.43. The number of nitrogens with one attached hydrogen (secondary N) is 1. The van der Waals surface area contributed by atoms with Crippen molar-refractivity contribution in [3.63, 3.8) is 0 Å². The summed E-state index contributed by atoms with van der Waals surface area (Å²) >= 11 is 5.75. The van der Waals surface area contributed by atoms with Gasteiger partial charge in [0, 0.05) is 30.8 Å². The second kappa shape index (κ2) is 7.30. The van der Waals surface area contributed by atoms with Crippen LogP contribution in [0.2, 0.25) is 5.02 Å². The topological polar surface area (TPSA) is 86.7 Å². The maximum atomic E-state index is 11.7. The Morgan fingerprint density at radius 3 is 2.40 bits per heavy atom. The van der Waals surface area contributed by atoms with E-state index in [0.717, 1.165) is 11.6 Å². The lowest BCUT2D eigenvalue weighted by atomic mass is 10.2. The van der Waals surface area contributed by atoms with E-state index >= 15 is 0 Å². The average Bonchev–Trinajstić information content (AvgIpc) is 2.39. The zero-order valence-corrected chi connectivity index (χ0v) is 11.4. The van der Waals surface area contributed by atoms with Gasteiger partial charge in [0.25, 0.3) is 5.91 Å². The Balaban J connectivity index is 2.52. The lowest BCUT2D eigenvalue weighted by Crippen LogP contribution is -2.39. The van der Waals surface area contributed by atoms with Gasteiger partial charge < -0.3 is 10.0 Å². The molecule has 0 aliphatic rings. The van der Waals surface area contributed by atoms with E-state index in [2.05, 4.69) is 0 Å². The van der Waals surface area contributed by atoms with Gasteiger partial charge in [-0.2, -0.15) is 0 Å². The molecule has 1 aromatic carbocycles. The number of carboxylic acid groups (broad SMARTS) is 1. The first-order valence-corrected chi connectivity index (χ1v) is 5.98. The molecule has 6 nitrogen and oxygen atoms in total. The van der Waals surface area contributed by atoms with Gasteiger partial charge in [0.1, 0.15) is 0 Å². The number of carboxylic acids is 1. The van der Waals surface area contributed by atoms with E-state index in [1.165, 1.54) is 11.9 Å². The quantitative estimate of drug-likeness (QED) is 0.827. The third-order valence-corrected chi connectivity index (χ3v) is 2.54. The Kier molecular flexibility index (Phi) is 5.74. The molecular weight excluding hydrogens is 284 g/mol. The van der Waals surface area contributed by atoms with Gasteiger partial charge in [-0.05, 0) is 17.7 Å². The van der Waals surface area contributed by atoms with Crippen molar-refractivity contribution in [2.24, 2.45) is 0 Å². The van der Waals surface area contributed by atoms with E-state index in [4.69, 9.17) is 16.7 Å². The molecule has 0 unspecified atom stereocenters. The molecule has 20 heavy (non-hydrogen) atoms. The normalized spacial score (nSPS) is 10.3. The summed E-state index contributed by atoms with van der Waals surface area (Å²) in [4.78, 5) is 34.4. The van der Waals surface area contributed by atoms with Crippen LogP contribution in [0.15, 0.2) is 36.4 Å². The molecule has 0 aliphatic heterocycles. The molecule has 0 saturated carbocycles. The fourth-order valence-electron chi connectivity index (χ4n) is 1.32. The lowest BCUT2D eigenvalue weighted by Gasteiger charge is -2.16. The number of amides is 3. The van der Waals surface area contributed by atoms with Crippen molar-refractivity contribution >= 4 is 29.5 Å². The second-order valence-corrected chi connectivity index (χ2v) is 4.38. The van der Waals surface area contributed by atoms with Crippen LogP contribution in [0.5, 0.6) is 0 Å². The molecule has 7 heteroatoms. The van der Waals surface area contributed by atoms with Crippen LogP contribution < -0.4 is 5.32 Å². The van der Waals surface area contributed by atoms with Gasteiger partial charge >= 0.3 is 12.0 Å². The van der Waals surface area contributed by atoms with Crippen LogP contribution in [0.1, 0.15) is 5.56 Å². The van der Waals surface area contributed by atoms with E-state index in [1.807, 2.05) is 5.32 Å². The Morgan fingerprint density at radius 1 is 1.25 bits per heavy atom. The lowest BCUT2D eigenvalue weighted by molar-refractivity contribution is -0.131. The van der Waals surface area contributed by atoms with Crippen LogP contribution in [-0.4, -0.2) is 35.0 Å². The predicted molar refractivity (Wildman–Crippen MR) is 73.2 cm³/mol. The van der Waals surface area contributed by atoms with Crippen molar-refractivity contribution in [1.29, 1.82) is 0 Å². The number of benzene rings is 1. The monoisotopic (exact) mass is 296 g/mol. The summed E-state index contributed by atoms with van der Waals surface area (Å²) in [6, 6.07) is 6.29. The molecule has 2 N–H and O–H groups in total. The SMILES string of the molecule is CN(Cc1ccc(Cl)cc1)C(=O)NC(=O)C=CC(=O)O. The minimum Gasteiger partial charge on any atom is -0.478 e. The molecule has 1 aromatic rings. The number of hydrogen-bond donors (Lipinski definition) is 2. The highest BCUT2D eigenvalue weighted by Gasteiger charge is 2.11. The van der Waals surface area contributed by atoms with Crippen LogP contribution in [0, 0.1) is 0 Å². The van der Waals surface area contributed by atoms with E-state index < -0.39 is 17.9 Å². The highest BCUT2D eigenvalue weighted by atomic mass is 35.5. The summed E-state index contributed by atoms with van der Waals surface area (Å²) in [6.45, 7) is 0.291. The molecule has 0 bridgehead atoms. The van der Waals surface area contributed by atoms with Gasteiger partial charge in [-0.25, -0.2) is 9.59 Å². The molecule has 106 valence electrons. The maximum Gasteiger partial charge on any atom is 0.328 e. The van der Waals surface area contributed by atoms with E-state index in [0.29, 0.717) is 17.6 Å². The minimum atomic E-state index is -1.26. The molecule has 0 fully saturated rings. The summed E-state index contributed by atoms with van der Waals surface area (Å²) in [5, 5.41) is 11.0. The fraction of sp³-hybridized carbons (Fsp3) is 0.154. The largest absolute Gasteiger partial charge is 0.478 e. The first kappa shape index (κ1) is 15.7. The van der Waals surface area contributed by atoms with E-state index in [9.17, 15) is 14.4 Å². The molecule has 3 amide bonds. The van der Waals surface area contributed by atoms with Crippen LogP contribution in [-0.2, 0) is 16.1 Å². The molecule has 0 spiro atoms. The van der Waals surface area contributed by atoms with Crippen LogP contribution in [0.3, 0.4) is 0 Å². The molecule has 0 atom stereocenters. The molecule has 0 aliphatic carbocycles. The number of nitrogens with zero attached hydrogens (tertiary/aromatic N) is 1. The van der Waals surface area contributed by atoms with Gasteiger partial charge in [0.05, 0.1) is 0 Å². The number of hydrogen-bond acceptors (Lipinski definition) is 3. The van der Waals surface area contributed by atoms with Crippen molar-refractivity contribution in [3.8, 4) is 0 Å². The third-order valence-electron chi connectivity index (χ3n) is 2.29. The summed E-state index contributed by atoms with van der Waals surface area (Å²) < 4.78 is 0. The van der Waals surface area contributed by atoms with Crippen molar-refractivity contribution in [3.05, 3.63) is 47.0 Å². The molecule has 0 saturated heterocycles. The van der Waals surface area contributed by atoms with Crippen LogP contribution in [0.25, 0.3) is 0 Å². The van der Waals surface area contributed by atoms with Gasteiger partial charge in [0.2, 0.25) is 0 Å². The Bertz CT molecular complexity index is 540. The van der Waals surface area contributed by atoms with Crippen molar-refractivity contribution in [1.82, 2.24) is 10.2 Å². The number of carbonyl (C=O) groups excluding carboxylic acids is 2. The van der Waals surface area contributed by atoms with E-state index in [-0.39, 0.29) is 0 Å². The summed E-state index contributed by atoms with van der Waals surface area (Å²) in [5.74, 6) is -2.05. The highest BCUT2D eigenvalue weighted by molar-refractivity contribution is 6.30. The Labute approximate surface area is 120 Å². The van der Waals surface area contributed by atoms with Gasteiger partial charge in [-0.15, -0.1) is 0 Å². The number of rotatable bonds is 4. The molecule has 0 radical (unpaired) electrons. The molecule has 0 heterocycles. The number of urea groups is 1. The fourth-order valence-corrected chi connectivity index (χ4v) is 1.45. The zero-order valence-electron chi connectivity index (χ0n) is 10.7. The van der Waals surface area contributed by atoms with Crippen LogP contribution in [0.4, 0.5) is 4.79 Å². The van der Waals surface area contributed by atoms with Crippen molar-refractivity contribution in [2.45, 2.75) is 6.54 Å². The van der Waals surface area contributed by atoms with Gasteiger partial charge in [-0.1, -0.05) is 23.7 Å². The van der Waals surface area contributed by atoms with E-state index in [1.54, 1.807) is 24.3 Å². The number of imide groups is 1. The number of aliphatic carboxylic acids is 1. The first-order chi connectivity index (χ1) is 9.38. The second-order valence-electron chi connectivity index (χ2n) is 3.95. The summed E-state index contributed by atoms with van der Waals surface area (Å²) in [7, 11) is 1.51. The Hall–Kier alpha value is -2.34. The third kappa shape index (κ3) is 5.53. The Morgan fingerprint density at radius 2 is 1.85 bits per heavy atom. The van der Waals surface area contributed by atoms with Crippen molar-refractivity contribution in [2.75, 3.05) is 7.05 Å². The van der Waals surface area contributed by atoms with Gasteiger partial charge in [-0.3, -0.25) is 10.1 Å². The number of halogens is 1. The predicted octanol–water partition coefficient (Wildman–Crippen LogP) is 1.65. The standard InChI is InChI=1S/C13H13ClN2O4/c1-16(8-9-2-4-10(14)5-3-9)13(20)15-11(17)6-7-12(18)19/h2-7H,8H2,1H3,(H,18,19)(H,15,17,20). The van der Waals surface area contributed by atoms with Crippen LogP contribution >= 0.6 is 11.6 Å². The molecule has 0 aromatic heterocycles. The first-order valence-electron chi connectivity index (χ1n) is 5.60. The summed E-state index contributed by atoms with van der Waals surface area (Å²) in [5.41, 5.74) is 0.848. The maximum absolute atomic E-state index is 11.7. The highest BCUT2D eigenvalue weighted by Crippen LogP contribution is 2.10. The smallest absolute Gasteiger partial charge is 0.328 e. The number of carbonyl (C=O) groups is 3. The molecular formula is C13H13ClN2O4.